The Labute approximate surface area is 214 Å². The third kappa shape index (κ3) is 4.81. The maximum Gasteiger partial charge on any atom is 0.290 e. The number of benzene rings is 3. The molecule has 190 valence electrons. The van der Waals surface area contributed by atoms with Crippen LogP contribution in [0.4, 0.5) is 4.39 Å². The minimum atomic E-state index is -0.658. The topological polar surface area (TPSA) is 69.0 Å². The lowest BCUT2D eigenvalue weighted by molar-refractivity contribution is 0.0730. The number of amides is 1. The SMILES string of the molecule is CCCCOc1ccc(C2c3c(oc4ccc(F)cc4c3=O)C(=O)N2CCc2ccc(OC)cc2)cc1. The van der Waals surface area contributed by atoms with Crippen molar-refractivity contribution in [1.29, 1.82) is 0 Å². The highest BCUT2D eigenvalue weighted by atomic mass is 19.1. The highest BCUT2D eigenvalue weighted by Gasteiger charge is 2.42. The van der Waals surface area contributed by atoms with E-state index in [-0.39, 0.29) is 28.2 Å². The summed E-state index contributed by atoms with van der Waals surface area (Å²) in [4.78, 5) is 28.8. The Bertz CT molecular complexity index is 1480. The summed E-state index contributed by atoms with van der Waals surface area (Å²) in [6, 6.07) is 18.2. The molecule has 1 aliphatic heterocycles. The number of ether oxygens (including phenoxy) is 2. The Morgan fingerprint density at radius 2 is 1.70 bits per heavy atom. The van der Waals surface area contributed by atoms with Crippen molar-refractivity contribution in [2.45, 2.75) is 32.2 Å². The van der Waals surface area contributed by atoms with Gasteiger partial charge in [-0.1, -0.05) is 37.6 Å². The van der Waals surface area contributed by atoms with Crippen LogP contribution in [0, 0.1) is 5.82 Å². The monoisotopic (exact) mass is 501 g/mol. The maximum absolute atomic E-state index is 14.0. The molecule has 0 saturated carbocycles. The molecule has 7 heteroatoms. The fourth-order valence-electron chi connectivity index (χ4n) is 4.69. The number of halogens is 1. The molecule has 0 N–H and O–H groups in total. The third-order valence-corrected chi connectivity index (χ3v) is 6.69. The van der Waals surface area contributed by atoms with E-state index < -0.39 is 17.3 Å². The van der Waals surface area contributed by atoms with E-state index in [0.717, 1.165) is 41.5 Å². The van der Waals surface area contributed by atoms with E-state index in [1.165, 1.54) is 12.1 Å². The zero-order valence-electron chi connectivity index (χ0n) is 20.8. The summed E-state index contributed by atoms with van der Waals surface area (Å²) >= 11 is 0. The van der Waals surface area contributed by atoms with Gasteiger partial charge >= 0.3 is 0 Å². The molecule has 6 nitrogen and oxygen atoms in total. The molecule has 2 heterocycles. The molecule has 1 unspecified atom stereocenters. The predicted molar refractivity (Wildman–Crippen MR) is 139 cm³/mol. The molecule has 0 radical (unpaired) electrons. The van der Waals surface area contributed by atoms with Crippen molar-refractivity contribution in [1.82, 2.24) is 4.90 Å². The number of nitrogens with zero attached hydrogens (tertiary/aromatic N) is 1. The van der Waals surface area contributed by atoms with Gasteiger partial charge in [-0.25, -0.2) is 4.39 Å². The molecule has 4 aromatic rings. The van der Waals surface area contributed by atoms with E-state index in [9.17, 15) is 14.0 Å². The first-order chi connectivity index (χ1) is 18.0. The molecule has 1 aliphatic rings. The molecule has 1 atom stereocenters. The van der Waals surface area contributed by atoms with Gasteiger partial charge in [0.05, 0.1) is 30.7 Å². The first-order valence-electron chi connectivity index (χ1n) is 12.4. The zero-order chi connectivity index (χ0) is 25.9. The number of hydrogen-bond donors (Lipinski definition) is 0. The summed E-state index contributed by atoms with van der Waals surface area (Å²) < 4.78 is 30.9. The van der Waals surface area contributed by atoms with Crippen molar-refractivity contribution >= 4 is 16.9 Å². The average molecular weight is 502 g/mol. The van der Waals surface area contributed by atoms with E-state index in [1.807, 2.05) is 48.5 Å². The molecule has 0 spiro atoms. The summed E-state index contributed by atoms with van der Waals surface area (Å²) in [5.41, 5.74) is 1.80. The van der Waals surface area contributed by atoms with E-state index >= 15 is 0 Å². The van der Waals surface area contributed by atoms with Gasteiger partial charge in [-0.2, -0.15) is 0 Å². The van der Waals surface area contributed by atoms with Crippen LogP contribution in [0.3, 0.4) is 0 Å². The normalized spacial score (nSPS) is 14.7. The van der Waals surface area contributed by atoms with Gasteiger partial charge in [0, 0.05) is 6.54 Å². The van der Waals surface area contributed by atoms with Crippen LogP contribution in [0.2, 0.25) is 0 Å². The van der Waals surface area contributed by atoms with Gasteiger partial charge < -0.3 is 18.8 Å². The quantitative estimate of drug-likeness (QED) is 0.267. The lowest BCUT2D eigenvalue weighted by atomic mass is 9.98. The number of rotatable bonds is 9. The Morgan fingerprint density at radius 3 is 2.41 bits per heavy atom. The Hall–Kier alpha value is -4.13. The number of hydrogen-bond acceptors (Lipinski definition) is 5. The molecule has 3 aromatic carbocycles. The van der Waals surface area contributed by atoms with Gasteiger partial charge in [0.15, 0.2) is 5.43 Å². The highest BCUT2D eigenvalue weighted by Crippen LogP contribution is 2.38. The van der Waals surface area contributed by atoms with E-state index in [4.69, 9.17) is 13.9 Å². The molecule has 1 amide bonds. The van der Waals surface area contributed by atoms with Gasteiger partial charge in [0.25, 0.3) is 5.91 Å². The van der Waals surface area contributed by atoms with Crippen molar-refractivity contribution < 1.29 is 23.1 Å². The fraction of sp³-hybridized carbons (Fsp3) is 0.267. The highest BCUT2D eigenvalue weighted by molar-refractivity contribution is 5.99. The first-order valence-corrected chi connectivity index (χ1v) is 12.4. The lowest BCUT2D eigenvalue weighted by Gasteiger charge is -2.25. The summed E-state index contributed by atoms with van der Waals surface area (Å²) in [5, 5.41) is 0.119. The maximum atomic E-state index is 14.0. The van der Waals surface area contributed by atoms with Crippen LogP contribution in [0.5, 0.6) is 11.5 Å². The summed E-state index contributed by atoms with van der Waals surface area (Å²) in [6.45, 7) is 3.08. The number of unbranched alkanes of at least 4 members (excludes halogenated alkanes) is 1. The molecule has 37 heavy (non-hydrogen) atoms. The van der Waals surface area contributed by atoms with Gasteiger partial charge in [-0.15, -0.1) is 0 Å². The Balaban J connectivity index is 1.53. The van der Waals surface area contributed by atoms with Crippen molar-refractivity contribution in [3.8, 4) is 11.5 Å². The second kappa shape index (κ2) is 10.5. The van der Waals surface area contributed by atoms with Crippen LogP contribution in [-0.4, -0.2) is 31.1 Å². The molecule has 0 saturated heterocycles. The largest absolute Gasteiger partial charge is 0.497 e. The van der Waals surface area contributed by atoms with Crippen LogP contribution in [0.15, 0.2) is 75.9 Å². The second-order valence-corrected chi connectivity index (χ2v) is 9.08. The van der Waals surface area contributed by atoms with Gasteiger partial charge in [0.1, 0.15) is 22.9 Å². The van der Waals surface area contributed by atoms with Crippen molar-refractivity contribution in [3.05, 3.63) is 105 Å². The molecule has 0 fully saturated rings. The van der Waals surface area contributed by atoms with E-state index in [2.05, 4.69) is 6.92 Å². The Morgan fingerprint density at radius 1 is 0.973 bits per heavy atom. The first kappa shape index (κ1) is 24.6. The van der Waals surface area contributed by atoms with Crippen LogP contribution < -0.4 is 14.9 Å². The predicted octanol–water partition coefficient (Wildman–Crippen LogP) is 5.91. The minimum absolute atomic E-state index is 0.00658. The molecular weight excluding hydrogens is 473 g/mol. The fourth-order valence-corrected chi connectivity index (χ4v) is 4.69. The number of carbonyl (C=O) groups excluding carboxylic acids is 1. The third-order valence-electron chi connectivity index (χ3n) is 6.69. The van der Waals surface area contributed by atoms with Crippen LogP contribution in [-0.2, 0) is 6.42 Å². The molecule has 0 aliphatic carbocycles. The van der Waals surface area contributed by atoms with Crippen LogP contribution >= 0.6 is 0 Å². The molecule has 0 bridgehead atoms. The van der Waals surface area contributed by atoms with E-state index in [0.29, 0.717) is 19.6 Å². The average Bonchev–Trinajstić information content (AvgIpc) is 3.20. The minimum Gasteiger partial charge on any atom is -0.497 e. The number of carbonyl (C=O) groups is 1. The van der Waals surface area contributed by atoms with Gasteiger partial charge in [-0.3, -0.25) is 9.59 Å². The van der Waals surface area contributed by atoms with Crippen molar-refractivity contribution in [3.63, 3.8) is 0 Å². The Kier molecular flexibility index (Phi) is 6.95. The molecular formula is C30H28FNO5. The zero-order valence-corrected chi connectivity index (χ0v) is 20.8. The van der Waals surface area contributed by atoms with Crippen molar-refractivity contribution in [2.24, 2.45) is 0 Å². The summed E-state index contributed by atoms with van der Waals surface area (Å²) in [6.07, 6.45) is 2.56. The van der Waals surface area contributed by atoms with Crippen LogP contribution in [0.1, 0.15) is 53.1 Å². The number of methoxy groups -OCH3 is 1. The lowest BCUT2D eigenvalue weighted by Crippen LogP contribution is -2.31. The number of fused-ring (bicyclic) bond motifs is 2. The standard InChI is InChI=1S/C30H28FNO5/c1-3-4-17-36-23-12-7-20(8-13-23)27-26-28(33)24-18-21(31)9-14-25(24)37-29(26)30(34)32(27)16-15-19-5-10-22(35-2)11-6-19/h5-14,18,27H,3-4,15-17H2,1-2H3. The smallest absolute Gasteiger partial charge is 0.290 e. The van der Waals surface area contributed by atoms with Gasteiger partial charge in [0.2, 0.25) is 5.76 Å². The van der Waals surface area contributed by atoms with Gasteiger partial charge in [-0.05, 0) is 66.4 Å². The van der Waals surface area contributed by atoms with Crippen molar-refractivity contribution in [2.75, 3.05) is 20.3 Å². The van der Waals surface area contributed by atoms with Crippen LogP contribution in [0.25, 0.3) is 11.0 Å². The second-order valence-electron chi connectivity index (χ2n) is 9.08. The van der Waals surface area contributed by atoms with E-state index in [1.54, 1.807) is 12.0 Å². The summed E-state index contributed by atoms with van der Waals surface area (Å²) in [5.74, 6) is 0.582. The molecule has 5 rings (SSSR count). The summed E-state index contributed by atoms with van der Waals surface area (Å²) in [7, 11) is 1.61. The molecule has 1 aromatic heterocycles.